The summed E-state index contributed by atoms with van der Waals surface area (Å²) in [6.45, 7) is 0. The lowest BCUT2D eigenvalue weighted by Gasteiger charge is -2.06. The summed E-state index contributed by atoms with van der Waals surface area (Å²) in [6, 6.07) is 17.7. The van der Waals surface area contributed by atoms with Crippen molar-refractivity contribution in [3.8, 4) is 11.4 Å². The number of phenols is 1. The summed E-state index contributed by atoms with van der Waals surface area (Å²) < 4.78 is 6.63. The van der Waals surface area contributed by atoms with Gasteiger partial charge in [0.1, 0.15) is 5.75 Å². The molecule has 24 heavy (non-hydrogen) atoms. The molecular formula is C19H16N2O3. The van der Waals surface area contributed by atoms with Crippen LogP contribution in [0.1, 0.15) is 16.1 Å². The van der Waals surface area contributed by atoms with E-state index in [1.54, 1.807) is 42.6 Å². The Bertz CT molecular complexity index is 862. The second-order valence-electron chi connectivity index (χ2n) is 5.12. The normalized spacial score (nSPS) is 10.9. The second-order valence-corrected chi connectivity index (χ2v) is 5.12. The lowest BCUT2D eigenvalue weighted by atomic mass is 10.2. The average molecular weight is 320 g/mol. The van der Waals surface area contributed by atoms with Crippen molar-refractivity contribution in [3.05, 3.63) is 78.1 Å². The molecule has 0 saturated heterocycles. The number of aromatic nitrogens is 1. The maximum absolute atomic E-state index is 11.4. The fourth-order valence-electron chi connectivity index (χ4n) is 2.29. The quantitative estimate of drug-likeness (QED) is 0.588. The van der Waals surface area contributed by atoms with E-state index in [2.05, 4.69) is 9.73 Å². The fraction of sp³-hybridized carbons (Fsp3) is 0.0526. The highest BCUT2D eigenvalue weighted by Crippen LogP contribution is 2.17. The molecule has 0 bridgehead atoms. The number of hydrogen-bond acceptors (Lipinski definition) is 4. The van der Waals surface area contributed by atoms with Gasteiger partial charge in [-0.3, -0.25) is 4.99 Å². The number of phenolic OH excluding ortho intramolecular Hbond substituents is 1. The van der Waals surface area contributed by atoms with E-state index in [0.29, 0.717) is 5.56 Å². The summed E-state index contributed by atoms with van der Waals surface area (Å²) in [4.78, 5) is 15.8. The molecule has 0 spiro atoms. The van der Waals surface area contributed by atoms with E-state index < -0.39 is 0 Å². The first-order valence-corrected chi connectivity index (χ1v) is 7.36. The molecule has 1 heterocycles. The molecule has 1 aromatic heterocycles. The van der Waals surface area contributed by atoms with Crippen LogP contribution in [0.15, 0.2) is 71.9 Å². The first-order chi connectivity index (χ1) is 11.7. The van der Waals surface area contributed by atoms with Gasteiger partial charge in [-0.1, -0.05) is 0 Å². The van der Waals surface area contributed by atoms with Crippen LogP contribution in [0.2, 0.25) is 0 Å². The van der Waals surface area contributed by atoms with E-state index >= 15 is 0 Å². The van der Waals surface area contributed by atoms with E-state index in [0.717, 1.165) is 17.1 Å². The molecule has 0 aliphatic rings. The van der Waals surface area contributed by atoms with Crippen molar-refractivity contribution < 1.29 is 14.6 Å². The largest absolute Gasteiger partial charge is 0.508 e. The fourth-order valence-corrected chi connectivity index (χ4v) is 2.29. The molecule has 3 rings (SSSR count). The summed E-state index contributed by atoms with van der Waals surface area (Å²) in [5, 5.41) is 9.39. The molecule has 5 heteroatoms. The number of methoxy groups -OCH3 is 1. The molecule has 0 radical (unpaired) electrons. The van der Waals surface area contributed by atoms with Gasteiger partial charge in [-0.15, -0.1) is 0 Å². The molecule has 0 aliphatic heterocycles. The van der Waals surface area contributed by atoms with Crippen molar-refractivity contribution >= 4 is 17.9 Å². The number of rotatable bonds is 4. The molecule has 2 aromatic carbocycles. The number of nitrogens with zero attached hydrogens (tertiary/aromatic N) is 2. The molecule has 0 saturated carbocycles. The van der Waals surface area contributed by atoms with Gasteiger partial charge in [0.15, 0.2) is 0 Å². The van der Waals surface area contributed by atoms with Gasteiger partial charge >= 0.3 is 5.97 Å². The monoisotopic (exact) mass is 320 g/mol. The van der Waals surface area contributed by atoms with Gasteiger partial charge in [0.25, 0.3) is 0 Å². The van der Waals surface area contributed by atoms with Crippen LogP contribution in [-0.4, -0.2) is 29.0 Å². The van der Waals surface area contributed by atoms with Gasteiger partial charge in [-0.2, -0.15) is 0 Å². The van der Waals surface area contributed by atoms with Crippen LogP contribution in [0.3, 0.4) is 0 Å². The van der Waals surface area contributed by atoms with E-state index in [1.807, 2.05) is 35.0 Å². The Kier molecular flexibility index (Phi) is 4.43. The van der Waals surface area contributed by atoms with Gasteiger partial charge in [0.05, 0.1) is 30.3 Å². The van der Waals surface area contributed by atoms with Gasteiger partial charge in [-0.25, -0.2) is 4.79 Å². The first kappa shape index (κ1) is 15.6. The third kappa shape index (κ3) is 3.35. The Morgan fingerprint density at radius 1 is 1.08 bits per heavy atom. The Morgan fingerprint density at radius 3 is 2.46 bits per heavy atom. The summed E-state index contributed by atoms with van der Waals surface area (Å²) in [5.74, 6) is -0.140. The molecular weight excluding hydrogens is 304 g/mol. The van der Waals surface area contributed by atoms with Crippen LogP contribution in [-0.2, 0) is 4.74 Å². The number of carbonyl (C=O) groups is 1. The minimum atomic E-state index is -0.369. The van der Waals surface area contributed by atoms with Gasteiger partial charge in [-0.05, 0) is 60.7 Å². The average Bonchev–Trinajstić information content (AvgIpc) is 3.09. The van der Waals surface area contributed by atoms with Crippen molar-refractivity contribution in [2.24, 2.45) is 4.99 Å². The van der Waals surface area contributed by atoms with Gasteiger partial charge in [0, 0.05) is 11.9 Å². The SMILES string of the molecule is COC(=O)c1ccc(N=Cc2cccn2-c2ccc(O)cc2)cc1. The number of aromatic hydroxyl groups is 1. The number of aliphatic imine (C=N–C) groups is 1. The molecule has 0 atom stereocenters. The smallest absolute Gasteiger partial charge is 0.337 e. The minimum absolute atomic E-state index is 0.229. The molecule has 120 valence electrons. The van der Waals surface area contributed by atoms with Crippen molar-refractivity contribution in [2.75, 3.05) is 7.11 Å². The number of esters is 1. The third-order valence-electron chi connectivity index (χ3n) is 3.54. The molecule has 0 unspecified atom stereocenters. The van der Waals surface area contributed by atoms with E-state index in [-0.39, 0.29) is 11.7 Å². The molecule has 0 fully saturated rings. The predicted octanol–water partition coefficient (Wildman–Crippen LogP) is 3.72. The van der Waals surface area contributed by atoms with Gasteiger partial charge in [0.2, 0.25) is 0 Å². The summed E-state index contributed by atoms with van der Waals surface area (Å²) in [7, 11) is 1.35. The highest BCUT2D eigenvalue weighted by atomic mass is 16.5. The zero-order valence-corrected chi connectivity index (χ0v) is 13.1. The summed E-state index contributed by atoms with van der Waals surface area (Å²) in [6.07, 6.45) is 3.67. The molecule has 0 amide bonds. The van der Waals surface area contributed by atoms with Crippen LogP contribution in [0.4, 0.5) is 5.69 Å². The van der Waals surface area contributed by atoms with E-state index in [4.69, 9.17) is 0 Å². The van der Waals surface area contributed by atoms with Gasteiger partial charge < -0.3 is 14.4 Å². The highest BCUT2D eigenvalue weighted by Gasteiger charge is 2.04. The van der Waals surface area contributed by atoms with Crippen LogP contribution < -0.4 is 0 Å². The van der Waals surface area contributed by atoms with Crippen LogP contribution in [0.25, 0.3) is 5.69 Å². The Hall–Kier alpha value is -3.34. The van der Waals surface area contributed by atoms with Crippen LogP contribution >= 0.6 is 0 Å². The zero-order valence-electron chi connectivity index (χ0n) is 13.1. The minimum Gasteiger partial charge on any atom is -0.508 e. The lowest BCUT2D eigenvalue weighted by molar-refractivity contribution is 0.0601. The molecule has 1 N–H and O–H groups in total. The highest BCUT2D eigenvalue weighted by molar-refractivity contribution is 5.89. The number of ether oxygens (including phenoxy) is 1. The lowest BCUT2D eigenvalue weighted by Crippen LogP contribution is -2.00. The van der Waals surface area contributed by atoms with Crippen molar-refractivity contribution in [1.29, 1.82) is 0 Å². The first-order valence-electron chi connectivity index (χ1n) is 7.36. The van der Waals surface area contributed by atoms with Crippen molar-refractivity contribution in [1.82, 2.24) is 4.57 Å². The van der Waals surface area contributed by atoms with Crippen molar-refractivity contribution in [2.45, 2.75) is 0 Å². The standard InChI is InChI=1S/C19H16N2O3/c1-24-19(23)14-4-6-15(7-5-14)20-13-17-3-2-12-21(17)16-8-10-18(22)11-9-16/h2-13,22H,1H3. The molecule has 0 aliphatic carbocycles. The summed E-state index contributed by atoms with van der Waals surface area (Å²) in [5.41, 5.74) is 3.06. The number of carbonyl (C=O) groups excluding carboxylic acids is 1. The maximum atomic E-state index is 11.4. The maximum Gasteiger partial charge on any atom is 0.337 e. The third-order valence-corrected chi connectivity index (χ3v) is 3.54. The van der Waals surface area contributed by atoms with E-state index in [1.165, 1.54) is 7.11 Å². The molecule has 3 aromatic rings. The van der Waals surface area contributed by atoms with Crippen LogP contribution in [0.5, 0.6) is 5.75 Å². The Labute approximate surface area is 139 Å². The van der Waals surface area contributed by atoms with Crippen molar-refractivity contribution in [3.63, 3.8) is 0 Å². The topological polar surface area (TPSA) is 63.8 Å². The number of benzene rings is 2. The number of hydrogen-bond donors (Lipinski definition) is 1. The predicted molar refractivity (Wildman–Crippen MR) is 92.5 cm³/mol. The second kappa shape index (κ2) is 6.83. The van der Waals surface area contributed by atoms with Crippen LogP contribution in [0, 0.1) is 0 Å². The Balaban J connectivity index is 1.82. The summed E-state index contributed by atoms with van der Waals surface area (Å²) >= 11 is 0. The zero-order chi connectivity index (χ0) is 16.9. The molecule has 5 nitrogen and oxygen atoms in total. The van der Waals surface area contributed by atoms with E-state index in [9.17, 15) is 9.90 Å². The Morgan fingerprint density at radius 2 is 1.79 bits per heavy atom.